The number of unbranched alkanes of at least 4 members (excludes halogenated alkanes) is 2. The zero-order valence-corrected chi connectivity index (χ0v) is 13.6. The van der Waals surface area contributed by atoms with E-state index in [1.54, 1.807) is 18.2 Å². The highest BCUT2D eigenvalue weighted by Gasteiger charge is 2.20. The van der Waals surface area contributed by atoms with E-state index in [2.05, 4.69) is 13.8 Å². The number of hydrogen-bond acceptors (Lipinski definition) is 3. The third-order valence-electron chi connectivity index (χ3n) is 3.88. The van der Waals surface area contributed by atoms with Gasteiger partial charge in [0.05, 0.1) is 7.11 Å². The number of rotatable bonds is 9. The Morgan fingerprint density at radius 3 is 2.59 bits per heavy atom. The molecule has 0 saturated carbocycles. The number of benzene rings is 1. The van der Waals surface area contributed by atoms with Crippen LogP contribution in [0.3, 0.4) is 0 Å². The summed E-state index contributed by atoms with van der Waals surface area (Å²) in [6.07, 6.45) is 8.03. The summed E-state index contributed by atoms with van der Waals surface area (Å²) in [4.78, 5) is 10.8. The molecule has 0 fully saturated rings. The van der Waals surface area contributed by atoms with Crippen molar-refractivity contribution in [2.75, 3.05) is 7.11 Å². The van der Waals surface area contributed by atoms with E-state index in [1.165, 1.54) is 7.11 Å². The number of phenols is 1. The molecule has 1 rings (SSSR count). The maximum absolute atomic E-state index is 10.8. The number of carbonyl (C=O) groups is 1. The number of hydrogen-bond donors (Lipinski definition) is 2. The number of ether oxygens (including phenoxy) is 1. The lowest BCUT2D eigenvalue weighted by Crippen LogP contribution is -2.04. The van der Waals surface area contributed by atoms with Crippen molar-refractivity contribution in [3.63, 3.8) is 0 Å². The highest BCUT2D eigenvalue weighted by atomic mass is 16.5. The summed E-state index contributed by atoms with van der Waals surface area (Å²) >= 11 is 0. The highest BCUT2D eigenvalue weighted by molar-refractivity contribution is 5.86. The van der Waals surface area contributed by atoms with E-state index in [1.807, 2.05) is 0 Å². The topological polar surface area (TPSA) is 66.8 Å². The SMILES string of the molecule is CCCCCC(CC)c1c(C=CC(=O)O)ccc(O)c1OC. The zero-order chi connectivity index (χ0) is 16.5. The quantitative estimate of drug-likeness (QED) is 0.518. The molecule has 22 heavy (non-hydrogen) atoms. The molecule has 1 aromatic rings. The van der Waals surface area contributed by atoms with Crippen LogP contribution in [0, 0.1) is 0 Å². The first-order chi connectivity index (χ1) is 10.5. The summed E-state index contributed by atoms with van der Waals surface area (Å²) < 4.78 is 5.38. The van der Waals surface area contributed by atoms with E-state index >= 15 is 0 Å². The molecular formula is C18H26O4. The van der Waals surface area contributed by atoms with Gasteiger partial charge in [0, 0.05) is 11.6 Å². The summed E-state index contributed by atoms with van der Waals surface area (Å²) in [5, 5.41) is 18.9. The Morgan fingerprint density at radius 2 is 2.05 bits per heavy atom. The van der Waals surface area contributed by atoms with Gasteiger partial charge in [-0.25, -0.2) is 4.79 Å². The molecule has 1 unspecified atom stereocenters. The van der Waals surface area contributed by atoms with E-state index < -0.39 is 5.97 Å². The summed E-state index contributed by atoms with van der Waals surface area (Å²) in [6, 6.07) is 3.29. The first-order valence-electron chi connectivity index (χ1n) is 7.85. The molecule has 1 aromatic carbocycles. The predicted molar refractivity (Wildman–Crippen MR) is 88.5 cm³/mol. The Hall–Kier alpha value is -1.97. The molecule has 122 valence electrons. The molecule has 0 spiro atoms. The molecule has 0 radical (unpaired) electrons. The summed E-state index contributed by atoms with van der Waals surface area (Å²) in [5.74, 6) is -0.200. The van der Waals surface area contributed by atoms with Gasteiger partial charge in [0.25, 0.3) is 0 Å². The van der Waals surface area contributed by atoms with Crippen LogP contribution in [-0.2, 0) is 4.79 Å². The molecule has 4 heteroatoms. The fourth-order valence-electron chi connectivity index (χ4n) is 2.74. The van der Waals surface area contributed by atoms with Crippen LogP contribution in [-0.4, -0.2) is 23.3 Å². The molecule has 2 N–H and O–H groups in total. The van der Waals surface area contributed by atoms with Crippen molar-refractivity contribution in [1.29, 1.82) is 0 Å². The summed E-state index contributed by atoms with van der Waals surface area (Å²) in [5.41, 5.74) is 1.69. The monoisotopic (exact) mass is 306 g/mol. The van der Waals surface area contributed by atoms with Gasteiger partial charge in [-0.3, -0.25) is 0 Å². The second kappa shape index (κ2) is 9.13. The minimum absolute atomic E-state index is 0.0962. The van der Waals surface area contributed by atoms with Crippen molar-refractivity contribution in [2.24, 2.45) is 0 Å². The Kier molecular flexibility index (Phi) is 7.50. The molecule has 1 atom stereocenters. The van der Waals surface area contributed by atoms with Gasteiger partial charge in [0.2, 0.25) is 0 Å². The van der Waals surface area contributed by atoms with Crippen LogP contribution in [0.1, 0.15) is 63.0 Å². The standard InChI is InChI=1S/C18H26O4/c1-4-6-7-8-13(5-2)17-14(10-12-16(20)21)9-11-15(19)18(17)22-3/h9-13,19H,4-8H2,1-3H3,(H,20,21). The Bertz CT molecular complexity index is 520. The normalized spacial score (nSPS) is 12.5. The molecule has 0 saturated heterocycles. The van der Waals surface area contributed by atoms with E-state index in [0.717, 1.165) is 49.3 Å². The molecule has 0 aliphatic carbocycles. The van der Waals surface area contributed by atoms with Gasteiger partial charge in [0.1, 0.15) is 0 Å². The Labute approximate surface area is 132 Å². The third-order valence-corrected chi connectivity index (χ3v) is 3.88. The second-order valence-corrected chi connectivity index (χ2v) is 5.39. The average Bonchev–Trinajstić information content (AvgIpc) is 2.50. The average molecular weight is 306 g/mol. The van der Waals surface area contributed by atoms with Crippen LogP contribution in [0.25, 0.3) is 6.08 Å². The van der Waals surface area contributed by atoms with Crippen LogP contribution in [0.5, 0.6) is 11.5 Å². The Morgan fingerprint density at radius 1 is 1.32 bits per heavy atom. The van der Waals surface area contributed by atoms with Crippen LogP contribution >= 0.6 is 0 Å². The van der Waals surface area contributed by atoms with Gasteiger partial charge in [-0.15, -0.1) is 0 Å². The van der Waals surface area contributed by atoms with Crippen LogP contribution in [0.4, 0.5) is 0 Å². The smallest absolute Gasteiger partial charge is 0.328 e. The fraction of sp³-hybridized carbons (Fsp3) is 0.500. The molecule has 0 heterocycles. The van der Waals surface area contributed by atoms with E-state index in [4.69, 9.17) is 9.84 Å². The first-order valence-corrected chi connectivity index (χ1v) is 7.85. The molecule has 0 amide bonds. The van der Waals surface area contributed by atoms with Gasteiger partial charge >= 0.3 is 5.97 Å². The lowest BCUT2D eigenvalue weighted by atomic mass is 9.86. The minimum Gasteiger partial charge on any atom is -0.504 e. The number of aliphatic carboxylic acids is 1. The number of carboxylic acids is 1. The van der Waals surface area contributed by atoms with Crippen LogP contribution in [0.15, 0.2) is 18.2 Å². The lowest BCUT2D eigenvalue weighted by Gasteiger charge is -2.21. The predicted octanol–water partition coefficient (Wildman–Crippen LogP) is 4.57. The van der Waals surface area contributed by atoms with Crippen molar-refractivity contribution in [3.8, 4) is 11.5 Å². The van der Waals surface area contributed by atoms with Gasteiger partial charge in [-0.05, 0) is 36.5 Å². The molecular weight excluding hydrogens is 280 g/mol. The first kappa shape index (κ1) is 18.1. The fourth-order valence-corrected chi connectivity index (χ4v) is 2.74. The molecule has 0 bridgehead atoms. The highest BCUT2D eigenvalue weighted by Crippen LogP contribution is 2.41. The van der Waals surface area contributed by atoms with E-state index in [0.29, 0.717) is 5.75 Å². The summed E-state index contributed by atoms with van der Waals surface area (Å²) in [6.45, 7) is 4.27. The molecule has 0 aromatic heterocycles. The maximum Gasteiger partial charge on any atom is 0.328 e. The third kappa shape index (κ3) is 4.79. The van der Waals surface area contributed by atoms with Gasteiger partial charge in [0.15, 0.2) is 11.5 Å². The number of carboxylic acid groups (broad SMARTS) is 1. The Balaban J connectivity index is 3.25. The molecule has 0 aliphatic heterocycles. The molecule has 0 aliphatic rings. The zero-order valence-electron chi connectivity index (χ0n) is 13.6. The van der Waals surface area contributed by atoms with Gasteiger partial charge in [-0.2, -0.15) is 0 Å². The largest absolute Gasteiger partial charge is 0.504 e. The second-order valence-electron chi connectivity index (χ2n) is 5.39. The van der Waals surface area contributed by atoms with Crippen molar-refractivity contribution < 1.29 is 19.7 Å². The van der Waals surface area contributed by atoms with Crippen molar-refractivity contribution in [1.82, 2.24) is 0 Å². The summed E-state index contributed by atoms with van der Waals surface area (Å²) in [7, 11) is 1.53. The van der Waals surface area contributed by atoms with Crippen molar-refractivity contribution in [3.05, 3.63) is 29.3 Å². The van der Waals surface area contributed by atoms with E-state index in [-0.39, 0.29) is 11.7 Å². The van der Waals surface area contributed by atoms with Gasteiger partial charge < -0.3 is 14.9 Å². The van der Waals surface area contributed by atoms with E-state index in [9.17, 15) is 9.90 Å². The van der Waals surface area contributed by atoms with Crippen molar-refractivity contribution in [2.45, 2.75) is 51.9 Å². The maximum atomic E-state index is 10.8. The van der Waals surface area contributed by atoms with Crippen molar-refractivity contribution >= 4 is 12.0 Å². The minimum atomic E-state index is -0.989. The number of aromatic hydroxyl groups is 1. The van der Waals surface area contributed by atoms with Crippen LogP contribution in [0.2, 0.25) is 0 Å². The van der Waals surface area contributed by atoms with Gasteiger partial charge in [-0.1, -0.05) is 39.2 Å². The molecule has 4 nitrogen and oxygen atoms in total. The number of phenolic OH excluding ortho intramolecular Hbond substituents is 1. The van der Waals surface area contributed by atoms with Crippen LogP contribution < -0.4 is 4.74 Å². The number of methoxy groups -OCH3 is 1. The lowest BCUT2D eigenvalue weighted by molar-refractivity contribution is -0.131.